The van der Waals surface area contributed by atoms with Crippen LogP contribution in [0.1, 0.15) is 16.1 Å². The van der Waals surface area contributed by atoms with E-state index in [-0.39, 0.29) is 17.8 Å². The summed E-state index contributed by atoms with van der Waals surface area (Å²) in [5.74, 6) is -3.05. The van der Waals surface area contributed by atoms with Crippen LogP contribution in [0.5, 0.6) is 0 Å². The minimum atomic E-state index is -1.16. The van der Waals surface area contributed by atoms with E-state index in [2.05, 4.69) is 5.10 Å². The zero-order valence-electron chi connectivity index (χ0n) is 10.8. The Morgan fingerprint density at radius 2 is 1.90 bits per heavy atom. The van der Waals surface area contributed by atoms with Gasteiger partial charge in [-0.3, -0.25) is 4.68 Å². The molecule has 3 rings (SSSR count). The molecular formula is C15H10F2N2O2. The number of rotatable bonds is 3. The highest BCUT2D eigenvalue weighted by molar-refractivity contribution is 6.01. The lowest BCUT2D eigenvalue weighted by atomic mass is 10.2. The largest absolute Gasteiger partial charge is 0.476 e. The van der Waals surface area contributed by atoms with Gasteiger partial charge in [0.25, 0.3) is 0 Å². The van der Waals surface area contributed by atoms with Crippen LogP contribution in [0.25, 0.3) is 10.9 Å². The number of carboxylic acids is 1. The normalized spacial score (nSPS) is 11.0. The minimum Gasteiger partial charge on any atom is -0.476 e. The Balaban J connectivity index is 2.13. The summed E-state index contributed by atoms with van der Waals surface area (Å²) in [6, 6.07) is 10.6. The maximum absolute atomic E-state index is 13.7. The van der Waals surface area contributed by atoms with Crippen LogP contribution < -0.4 is 0 Å². The quantitative estimate of drug-likeness (QED) is 0.806. The van der Waals surface area contributed by atoms with Gasteiger partial charge in [0.1, 0.15) is 0 Å². The van der Waals surface area contributed by atoms with Gasteiger partial charge in [0, 0.05) is 10.9 Å². The lowest BCUT2D eigenvalue weighted by molar-refractivity contribution is 0.0691. The van der Waals surface area contributed by atoms with E-state index in [1.165, 1.54) is 16.8 Å². The average Bonchev–Trinajstić information content (AvgIpc) is 2.83. The molecule has 0 saturated carbocycles. The van der Waals surface area contributed by atoms with E-state index < -0.39 is 17.6 Å². The van der Waals surface area contributed by atoms with Crippen LogP contribution in [0.15, 0.2) is 42.5 Å². The number of benzene rings is 2. The molecule has 1 N–H and O–H groups in total. The molecule has 0 unspecified atom stereocenters. The number of hydrogen-bond acceptors (Lipinski definition) is 2. The predicted octanol–water partition coefficient (Wildman–Crippen LogP) is 3.06. The van der Waals surface area contributed by atoms with Crippen molar-refractivity contribution in [2.75, 3.05) is 0 Å². The lowest BCUT2D eigenvalue weighted by Gasteiger charge is -2.05. The topological polar surface area (TPSA) is 55.1 Å². The monoisotopic (exact) mass is 288 g/mol. The average molecular weight is 288 g/mol. The molecule has 0 aliphatic rings. The standard InChI is InChI=1S/C15H10F2N2O2/c16-11-6-3-4-9(13(11)17)8-19-12-7-2-1-5-10(12)14(18-19)15(20)21/h1-7H,8H2,(H,20,21). The van der Waals surface area contributed by atoms with Gasteiger partial charge in [-0.15, -0.1) is 0 Å². The third kappa shape index (κ3) is 2.24. The van der Waals surface area contributed by atoms with Crippen LogP contribution in [0.4, 0.5) is 8.78 Å². The van der Waals surface area contributed by atoms with Crippen LogP contribution in [-0.4, -0.2) is 20.9 Å². The Morgan fingerprint density at radius 1 is 1.14 bits per heavy atom. The highest BCUT2D eigenvalue weighted by Gasteiger charge is 2.17. The first kappa shape index (κ1) is 13.2. The van der Waals surface area contributed by atoms with E-state index >= 15 is 0 Å². The number of carboxylic acid groups (broad SMARTS) is 1. The molecule has 0 aliphatic heterocycles. The van der Waals surface area contributed by atoms with Gasteiger partial charge in [-0.25, -0.2) is 13.6 Å². The van der Waals surface area contributed by atoms with E-state index in [9.17, 15) is 13.6 Å². The van der Waals surface area contributed by atoms with E-state index in [0.717, 1.165) is 6.07 Å². The van der Waals surface area contributed by atoms with Crippen LogP contribution in [0.3, 0.4) is 0 Å². The van der Waals surface area contributed by atoms with Gasteiger partial charge in [-0.2, -0.15) is 5.10 Å². The SMILES string of the molecule is O=C(O)c1nn(Cc2cccc(F)c2F)c2ccccc12. The number of aromatic nitrogens is 2. The van der Waals surface area contributed by atoms with Crippen molar-refractivity contribution in [1.82, 2.24) is 9.78 Å². The molecule has 106 valence electrons. The van der Waals surface area contributed by atoms with Gasteiger partial charge in [0.15, 0.2) is 17.3 Å². The van der Waals surface area contributed by atoms with Crippen molar-refractivity contribution in [3.8, 4) is 0 Å². The van der Waals surface area contributed by atoms with Gasteiger partial charge in [-0.05, 0) is 12.1 Å². The van der Waals surface area contributed by atoms with Gasteiger partial charge >= 0.3 is 5.97 Å². The van der Waals surface area contributed by atoms with Gasteiger partial charge < -0.3 is 5.11 Å². The molecule has 1 heterocycles. The summed E-state index contributed by atoms with van der Waals surface area (Å²) in [6.07, 6.45) is 0. The first-order valence-corrected chi connectivity index (χ1v) is 6.19. The second kappa shape index (κ2) is 4.97. The Labute approximate surface area is 118 Å². The maximum Gasteiger partial charge on any atom is 0.357 e. The number of carbonyl (C=O) groups is 1. The van der Waals surface area contributed by atoms with Crippen molar-refractivity contribution in [2.45, 2.75) is 6.54 Å². The first-order chi connectivity index (χ1) is 10.1. The summed E-state index contributed by atoms with van der Waals surface area (Å²) >= 11 is 0. The van der Waals surface area contributed by atoms with Crippen molar-refractivity contribution in [2.24, 2.45) is 0 Å². The molecule has 6 heteroatoms. The molecule has 0 radical (unpaired) electrons. The number of para-hydroxylation sites is 1. The van der Waals surface area contributed by atoms with E-state index in [1.54, 1.807) is 24.3 Å². The molecule has 0 bridgehead atoms. The fourth-order valence-electron chi connectivity index (χ4n) is 2.24. The third-order valence-corrected chi connectivity index (χ3v) is 3.21. The summed E-state index contributed by atoms with van der Waals surface area (Å²) in [4.78, 5) is 11.2. The van der Waals surface area contributed by atoms with Crippen LogP contribution in [0.2, 0.25) is 0 Å². The molecule has 1 aromatic heterocycles. The van der Waals surface area contributed by atoms with Gasteiger partial charge in [-0.1, -0.05) is 30.3 Å². The summed E-state index contributed by atoms with van der Waals surface area (Å²) in [7, 11) is 0. The van der Waals surface area contributed by atoms with Crippen LogP contribution >= 0.6 is 0 Å². The van der Waals surface area contributed by atoms with Crippen LogP contribution in [-0.2, 0) is 6.54 Å². The molecule has 0 atom stereocenters. The highest BCUT2D eigenvalue weighted by atomic mass is 19.2. The Morgan fingerprint density at radius 3 is 2.67 bits per heavy atom. The lowest BCUT2D eigenvalue weighted by Crippen LogP contribution is -2.06. The number of fused-ring (bicyclic) bond motifs is 1. The first-order valence-electron chi connectivity index (χ1n) is 6.19. The fraction of sp³-hybridized carbons (Fsp3) is 0.0667. The Hall–Kier alpha value is -2.76. The molecule has 0 aliphatic carbocycles. The number of aromatic carboxylic acids is 1. The van der Waals surface area contributed by atoms with Crippen molar-refractivity contribution in [3.05, 3.63) is 65.4 Å². The summed E-state index contributed by atoms with van der Waals surface area (Å²) in [5, 5.41) is 13.6. The molecule has 0 amide bonds. The van der Waals surface area contributed by atoms with E-state index in [1.807, 2.05) is 0 Å². The van der Waals surface area contributed by atoms with Crippen LogP contribution in [0, 0.1) is 11.6 Å². The Bertz CT molecular complexity index is 843. The maximum atomic E-state index is 13.7. The zero-order chi connectivity index (χ0) is 15.0. The van der Waals surface area contributed by atoms with Gasteiger partial charge in [0.2, 0.25) is 0 Å². The number of halogens is 2. The minimum absolute atomic E-state index is 0.0443. The van der Waals surface area contributed by atoms with E-state index in [0.29, 0.717) is 10.9 Å². The molecule has 0 spiro atoms. The predicted molar refractivity (Wildman–Crippen MR) is 72.2 cm³/mol. The van der Waals surface area contributed by atoms with Gasteiger partial charge in [0.05, 0.1) is 12.1 Å². The summed E-state index contributed by atoms with van der Waals surface area (Å²) in [5.41, 5.74) is 0.557. The summed E-state index contributed by atoms with van der Waals surface area (Å²) in [6.45, 7) is -0.0443. The highest BCUT2D eigenvalue weighted by Crippen LogP contribution is 2.21. The fourth-order valence-corrected chi connectivity index (χ4v) is 2.24. The van der Waals surface area contributed by atoms with Crippen molar-refractivity contribution < 1.29 is 18.7 Å². The third-order valence-electron chi connectivity index (χ3n) is 3.21. The molecule has 0 fully saturated rings. The van der Waals surface area contributed by atoms with E-state index in [4.69, 9.17) is 5.11 Å². The molecule has 4 nitrogen and oxygen atoms in total. The molecule has 21 heavy (non-hydrogen) atoms. The molecule has 0 saturated heterocycles. The number of nitrogens with zero attached hydrogens (tertiary/aromatic N) is 2. The molecule has 2 aromatic carbocycles. The second-order valence-electron chi connectivity index (χ2n) is 4.54. The molecular weight excluding hydrogens is 278 g/mol. The van der Waals surface area contributed by atoms with Crippen molar-refractivity contribution in [3.63, 3.8) is 0 Å². The van der Waals surface area contributed by atoms with Crippen molar-refractivity contribution >= 4 is 16.9 Å². The Kier molecular flexibility index (Phi) is 3.13. The van der Waals surface area contributed by atoms with Crippen molar-refractivity contribution in [1.29, 1.82) is 0 Å². The summed E-state index contributed by atoms with van der Waals surface area (Å²) < 4.78 is 28.3. The molecule has 3 aromatic rings. The zero-order valence-corrected chi connectivity index (χ0v) is 10.8. The second-order valence-corrected chi connectivity index (χ2v) is 4.54. The number of hydrogen-bond donors (Lipinski definition) is 1. The smallest absolute Gasteiger partial charge is 0.357 e.